The van der Waals surface area contributed by atoms with Gasteiger partial charge < -0.3 is 9.72 Å². The Morgan fingerprint density at radius 2 is 2.07 bits per heavy atom. The summed E-state index contributed by atoms with van der Waals surface area (Å²) >= 11 is 1.79. The van der Waals surface area contributed by atoms with Crippen molar-refractivity contribution in [2.45, 2.75) is 13.3 Å². The summed E-state index contributed by atoms with van der Waals surface area (Å²) in [5, 5.41) is 0. The Morgan fingerprint density at radius 3 is 2.50 bits per heavy atom. The van der Waals surface area contributed by atoms with Crippen LogP contribution in [-0.4, -0.2) is 11.3 Å². The molecule has 0 spiro atoms. The van der Waals surface area contributed by atoms with E-state index >= 15 is 0 Å². The third-order valence-electron chi connectivity index (χ3n) is 1.36. The molecule has 1 rings (SSSR count). The molecule has 0 aromatic carbocycles. The summed E-state index contributed by atoms with van der Waals surface area (Å²) in [5.74, 6) is -0.710. The van der Waals surface area contributed by atoms with E-state index in [1.807, 2.05) is 0 Å². The van der Waals surface area contributed by atoms with Gasteiger partial charge in [-0.15, -0.1) is 13.2 Å². The Labute approximate surface area is 90.4 Å². The fraction of sp³-hybridized carbons (Fsp3) is 0.286. The zero-order chi connectivity index (χ0) is 10.9. The summed E-state index contributed by atoms with van der Waals surface area (Å²) in [5.41, 5.74) is -0.734. The van der Waals surface area contributed by atoms with Crippen LogP contribution in [0.5, 0.6) is 5.75 Å². The molecule has 0 amide bonds. The molecular weight excluding hydrogens is 314 g/mol. The summed E-state index contributed by atoms with van der Waals surface area (Å²) in [6.07, 6.45) is -4.84. The van der Waals surface area contributed by atoms with Crippen LogP contribution in [0.3, 0.4) is 0 Å². The topological polar surface area (TPSA) is 42.1 Å². The maximum atomic E-state index is 11.8. The van der Waals surface area contributed by atoms with Crippen molar-refractivity contribution in [1.82, 2.24) is 4.98 Å². The lowest BCUT2D eigenvalue weighted by molar-refractivity contribution is -0.275. The lowest BCUT2D eigenvalue weighted by Gasteiger charge is -2.09. The molecule has 0 aliphatic rings. The molecular formula is C7H5F3INO2. The normalized spacial score (nSPS) is 11.5. The van der Waals surface area contributed by atoms with Crippen LogP contribution in [0.4, 0.5) is 13.2 Å². The molecule has 1 heterocycles. The van der Waals surface area contributed by atoms with E-state index < -0.39 is 17.7 Å². The standard InChI is InChI=1S/C7H5F3INO2/c1-3-2-4(11)12-6(13)5(3)14-7(8,9)10/h2H,1H3,(H,12,13). The molecule has 0 fully saturated rings. The van der Waals surface area contributed by atoms with Crippen molar-refractivity contribution in [1.29, 1.82) is 0 Å². The molecule has 0 atom stereocenters. The molecule has 1 aromatic rings. The number of ether oxygens (including phenoxy) is 1. The Balaban J connectivity index is 3.16. The van der Waals surface area contributed by atoms with Crippen LogP contribution in [0, 0.1) is 10.6 Å². The molecule has 0 unspecified atom stereocenters. The van der Waals surface area contributed by atoms with Crippen LogP contribution in [0.25, 0.3) is 0 Å². The molecule has 78 valence electrons. The fourth-order valence-corrected chi connectivity index (χ4v) is 1.59. The van der Waals surface area contributed by atoms with Gasteiger partial charge in [-0.25, -0.2) is 0 Å². The second-order valence-corrected chi connectivity index (χ2v) is 3.67. The largest absolute Gasteiger partial charge is 0.573 e. The first-order valence-corrected chi connectivity index (χ1v) is 4.52. The van der Waals surface area contributed by atoms with Gasteiger partial charge in [0.15, 0.2) is 5.75 Å². The van der Waals surface area contributed by atoms with E-state index in [2.05, 4.69) is 9.72 Å². The van der Waals surface area contributed by atoms with E-state index in [0.29, 0.717) is 3.70 Å². The van der Waals surface area contributed by atoms with Crippen molar-refractivity contribution < 1.29 is 17.9 Å². The Morgan fingerprint density at radius 1 is 1.50 bits per heavy atom. The predicted octanol–water partition coefficient (Wildman–Crippen LogP) is 2.19. The zero-order valence-corrected chi connectivity index (χ0v) is 9.06. The van der Waals surface area contributed by atoms with Crippen LogP contribution in [-0.2, 0) is 0 Å². The number of hydrogen-bond acceptors (Lipinski definition) is 2. The number of halogens is 4. The lowest BCUT2D eigenvalue weighted by atomic mass is 10.3. The van der Waals surface area contributed by atoms with Gasteiger partial charge in [-0.3, -0.25) is 4.79 Å². The number of aromatic amines is 1. The molecule has 3 nitrogen and oxygen atoms in total. The molecule has 0 aliphatic heterocycles. The van der Waals surface area contributed by atoms with E-state index in [9.17, 15) is 18.0 Å². The molecule has 1 aromatic heterocycles. The van der Waals surface area contributed by atoms with Crippen molar-refractivity contribution in [3.63, 3.8) is 0 Å². The average Bonchev–Trinajstić information content (AvgIpc) is 1.95. The molecule has 0 saturated carbocycles. The maximum absolute atomic E-state index is 11.8. The number of aryl methyl sites for hydroxylation is 1. The molecule has 0 radical (unpaired) electrons. The van der Waals surface area contributed by atoms with Gasteiger partial charge in [0.05, 0.1) is 3.70 Å². The molecule has 0 saturated heterocycles. The van der Waals surface area contributed by atoms with Gasteiger partial charge in [0.25, 0.3) is 5.56 Å². The quantitative estimate of drug-likeness (QED) is 0.637. The summed E-state index contributed by atoms with van der Waals surface area (Å²) in [6, 6.07) is 1.39. The lowest BCUT2D eigenvalue weighted by Crippen LogP contribution is -2.24. The van der Waals surface area contributed by atoms with Crippen molar-refractivity contribution in [3.8, 4) is 5.75 Å². The van der Waals surface area contributed by atoms with Crippen LogP contribution in [0.1, 0.15) is 5.56 Å². The second kappa shape index (κ2) is 3.79. The first-order chi connectivity index (χ1) is 6.29. The van der Waals surface area contributed by atoms with E-state index in [0.717, 1.165) is 0 Å². The molecule has 7 heteroatoms. The Hall–Kier alpha value is -0.730. The highest BCUT2D eigenvalue weighted by atomic mass is 127. The summed E-state index contributed by atoms with van der Waals surface area (Å²) in [4.78, 5) is 13.3. The number of alkyl halides is 3. The number of pyridine rings is 1. The summed E-state index contributed by atoms with van der Waals surface area (Å²) in [7, 11) is 0. The molecule has 14 heavy (non-hydrogen) atoms. The molecule has 0 aliphatic carbocycles. The number of nitrogens with one attached hydrogen (secondary N) is 1. The van der Waals surface area contributed by atoms with Gasteiger partial charge in [-0.05, 0) is 41.1 Å². The Bertz CT molecular complexity index is 399. The zero-order valence-electron chi connectivity index (χ0n) is 6.91. The van der Waals surface area contributed by atoms with Crippen molar-refractivity contribution in [3.05, 3.63) is 25.7 Å². The maximum Gasteiger partial charge on any atom is 0.573 e. The first-order valence-electron chi connectivity index (χ1n) is 3.45. The smallest absolute Gasteiger partial charge is 0.400 e. The van der Waals surface area contributed by atoms with Gasteiger partial charge in [-0.1, -0.05) is 0 Å². The average molecular weight is 319 g/mol. The highest BCUT2D eigenvalue weighted by molar-refractivity contribution is 14.1. The number of aromatic nitrogens is 1. The molecule has 1 N–H and O–H groups in total. The minimum Gasteiger partial charge on any atom is -0.400 e. The second-order valence-electron chi connectivity index (χ2n) is 2.51. The van der Waals surface area contributed by atoms with E-state index in [1.54, 1.807) is 22.6 Å². The van der Waals surface area contributed by atoms with Crippen LogP contribution in [0.15, 0.2) is 10.9 Å². The van der Waals surface area contributed by atoms with Gasteiger partial charge in [0.2, 0.25) is 0 Å². The van der Waals surface area contributed by atoms with Gasteiger partial charge >= 0.3 is 6.36 Å². The van der Waals surface area contributed by atoms with Crippen molar-refractivity contribution in [2.75, 3.05) is 0 Å². The number of H-pyrrole nitrogens is 1. The first kappa shape index (κ1) is 11.3. The van der Waals surface area contributed by atoms with E-state index in [4.69, 9.17) is 0 Å². The van der Waals surface area contributed by atoms with Crippen LogP contribution in [0.2, 0.25) is 0 Å². The number of hydrogen-bond donors (Lipinski definition) is 1. The monoisotopic (exact) mass is 319 g/mol. The van der Waals surface area contributed by atoms with Crippen molar-refractivity contribution in [2.24, 2.45) is 0 Å². The van der Waals surface area contributed by atoms with Crippen LogP contribution < -0.4 is 10.3 Å². The molecule has 0 bridgehead atoms. The Kier molecular flexibility index (Phi) is 3.07. The fourth-order valence-electron chi connectivity index (χ4n) is 0.879. The van der Waals surface area contributed by atoms with Gasteiger partial charge in [0.1, 0.15) is 0 Å². The number of rotatable bonds is 1. The minimum atomic E-state index is -4.84. The van der Waals surface area contributed by atoms with E-state index in [-0.39, 0.29) is 5.56 Å². The third kappa shape index (κ3) is 2.89. The van der Waals surface area contributed by atoms with E-state index in [1.165, 1.54) is 13.0 Å². The minimum absolute atomic E-state index is 0.149. The summed E-state index contributed by atoms with van der Waals surface area (Å²) in [6.45, 7) is 1.37. The summed E-state index contributed by atoms with van der Waals surface area (Å²) < 4.78 is 39.5. The highest BCUT2D eigenvalue weighted by Crippen LogP contribution is 2.22. The third-order valence-corrected chi connectivity index (χ3v) is 1.94. The van der Waals surface area contributed by atoms with Gasteiger partial charge in [-0.2, -0.15) is 0 Å². The highest BCUT2D eigenvalue weighted by Gasteiger charge is 2.33. The van der Waals surface area contributed by atoms with Gasteiger partial charge in [0, 0.05) is 0 Å². The SMILES string of the molecule is Cc1cc(I)[nH]c(=O)c1OC(F)(F)F. The van der Waals surface area contributed by atoms with Crippen molar-refractivity contribution >= 4 is 22.6 Å². The van der Waals surface area contributed by atoms with Crippen LogP contribution >= 0.6 is 22.6 Å². The predicted molar refractivity (Wildman–Crippen MR) is 51.2 cm³/mol.